The van der Waals surface area contributed by atoms with Crippen LogP contribution in [0.15, 0.2) is 41.3 Å². The highest BCUT2D eigenvalue weighted by Crippen LogP contribution is 2.53. The number of nitrogens with one attached hydrogen (secondary N) is 1. The highest BCUT2D eigenvalue weighted by atomic mass is 32.2. The van der Waals surface area contributed by atoms with E-state index in [-0.39, 0.29) is 29.2 Å². The van der Waals surface area contributed by atoms with Crippen LogP contribution in [-0.4, -0.2) is 37.1 Å². The lowest BCUT2D eigenvalue weighted by molar-refractivity contribution is -0.348. The first-order valence-electron chi connectivity index (χ1n) is 9.59. The summed E-state index contributed by atoms with van der Waals surface area (Å²) in [5, 5.41) is 2.04. The van der Waals surface area contributed by atoms with Crippen molar-refractivity contribution in [3.63, 3.8) is 0 Å². The van der Waals surface area contributed by atoms with Gasteiger partial charge in [-0.3, -0.25) is 4.79 Å². The third-order valence-electron chi connectivity index (χ3n) is 4.72. The van der Waals surface area contributed by atoms with Gasteiger partial charge in [-0.1, -0.05) is 6.07 Å². The maximum atomic E-state index is 14.5. The number of carbonyl (C=O) groups is 2. The second-order valence-corrected chi connectivity index (χ2v) is 7.85. The predicted molar refractivity (Wildman–Crippen MR) is 108 cm³/mol. The summed E-state index contributed by atoms with van der Waals surface area (Å²) in [6.45, 7) is 0.878. The topological polar surface area (TPSA) is 55.4 Å². The number of amides is 1. The van der Waals surface area contributed by atoms with Crippen LogP contribution >= 0.6 is 11.8 Å². The molecule has 2 rings (SSSR count). The molecule has 36 heavy (non-hydrogen) atoms. The number of carbonyl (C=O) groups excluding carboxylic acids is 2. The number of rotatable bonds is 6. The molecule has 15 heteroatoms. The van der Waals surface area contributed by atoms with E-state index < -0.39 is 58.5 Å². The normalized spacial score (nSPS) is 12.9. The third kappa shape index (κ3) is 5.71. The quantitative estimate of drug-likeness (QED) is 0.236. The Hall–Kier alpha value is -2.97. The van der Waals surface area contributed by atoms with Gasteiger partial charge in [0.15, 0.2) is 0 Å². The number of thioether (sulfide) groups is 1. The first-order chi connectivity index (χ1) is 16.4. The van der Waals surface area contributed by atoms with Gasteiger partial charge in [-0.2, -0.15) is 39.5 Å². The van der Waals surface area contributed by atoms with E-state index >= 15 is 0 Å². The standard InChI is InChI=1S/C21H15F10NO3S/c1-3-35-17(34)13-8-10(18(22,20(26,27)28)21(29,30)31)5-7-14(13)32-16(33)12-6-4-11(19(23,24)25)9-15(12)36-2/h4-9H,3H2,1-2H3,(H,32,33). The Balaban J connectivity index is 2.61. The monoisotopic (exact) mass is 551 g/mol. The fourth-order valence-electron chi connectivity index (χ4n) is 2.98. The van der Waals surface area contributed by atoms with Crippen LogP contribution in [-0.2, 0) is 16.6 Å². The molecule has 0 bridgehead atoms. The number of alkyl halides is 10. The summed E-state index contributed by atoms with van der Waals surface area (Å²) in [4.78, 5) is 24.8. The van der Waals surface area contributed by atoms with Crippen LogP contribution in [0.4, 0.5) is 49.6 Å². The van der Waals surface area contributed by atoms with Gasteiger partial charge in [0.2, 0.25) is 0 Å². The third-order valence-corrected chi connectivity index (χ3v) is 5.49. The molecular formula is C21H15F10NO3S. The Morgan fingerprint density at radius 3 is 1.86 bits per heavy atom. The molecule has 0 atom stereocenters. The molecule has 0 saturated carbocycles. The molecule has 0 fully saturated rings. The molecule has 0 radical (unpaired) electrons. The minimum absolute atomic E-state index is 0.0587. The highest BCUT2D eigenvalue weighted by Gasteiger charge is 2.73. The van der Waals surface area contributed by atoms with Gasteiger partial charge in [-0.05, 0) is 43.5 Å². The van der Waals surface area contributed by atoms with Crippen molar-refractivity contribution in [2.45, 2.75) is 36.0 Å². The maximum absolute atomic E-state index is 14.5. The minimum Gasteiger partial charge on any atom is -0.462 e. The van der Waals surface area contributed by atoms with Crippen molar-refractivity contribution >= 4 is 29.3 Å². The minimum atomic E-state index is -6.46. The van der Waals surface area contributed by atoms with Gasteiger partial charge < -0.3 is 10.1 Å². The molecule has 1 N–H and O–H groups in total. The Morgan fingerprint density at radius 1 is 0.833 bits per heavy atom. The van der Waals surface area contributed by atoms with Crippen molar-refractivity contribution in [3.8, 4) is 0 Å². The van der Waals surface area contributed by atoms with Crippen molar-refractivity contribution in [1.29, 1.82) is 0 Å². The van der Waals surface area contributed by atoms with Crippen molar-refractivity contribution < 1.29 is 58.2 Å². The highest BCUT2D eigenvalue weighted by molar-refractivity contribution is 7.98. The summed E-state index contributed by atoms with van der Waals surface area (Å²) in [5.41, 5.74) is -11.0. The van der Waals surface area contributed by atoms with Crippen molar-refractivity contribution in [2.24, 2.45) is 0 Å². The molecule has 0 aliphatic carbocycles. The first kappa shape index (κ1) is 29.3. The van der Waals surface area contributed by atoms with Crippen LogP contribution in [0.3, 0.4) is 0 Å². The molecule has 198 valence electrons. The van der Waals surface area contributed by atoms with Gasteiger partial charge in [0.05, 0.1) is 29.0 Å². The van der Waals surface area contributed by atoms with Gasteiger partial charge in [0, 0.05) is 10.5 Å². The summed E-state index contributed by atoms with van der Waals surface area (Å²) in [6.07, 6.45) is -16.3. The number of halogens is 10. The average molecular weight is 551 g/mol. The molecule has 0 unspecified atom stereocenters. The number of esters is 1. The van der Waals surface area contributed by atoms with E-state index in [1.165, 1.54) is 13.2 Å². The van der Waals surface area contributed by atoms with E-state index in [1.54, 1.807) is 0 Å². The van der Waals surface area contributed by atoms with E-state index in [2.05, 4.69) is 4.74 Å². The molecule has 2 aromatic carbocycles. The summed E-state index contributed by atoms with van der Waals surface area (Å²) in [7, 11) is 0. The van der Waals surface area contributed by atoms with E-state index in [1.807, 2.05) is 5.32 Å². The molecular weight excluding hydrogens is 536 g/mol. The number of ether oxygens (including phenoxy) is 1. The largest absolute Gasteiger partial charge is 0.462 e. The second-order valence-electron chi connectivity index (χ2n) is 7.00. The van der Waals surface area contributed by atoms with Crippen LogP contribution in [0.25, 0.3) is 0 Å². The number of hydrogen-bond donors (Lipinski definition) is 1. The summed E-state index contributed by atoms with van der Waals surface area (Å²) in [5.74, 6) is -2.64. The van der Waals surface area contributed by atoms with Crippen molar-refractivity contribution in [1.82, 2.24) is 0 Å². The molecule has 0 aliphatic rings. The Bertz CT molecular complexity index is 1130. The Kier molecular flexibility index (Phi) is 8.28. The van der Waals surface area contributed by atoms with Gasteiger partial charge in [-0.25, -0.2) is 9.18 Å². The van der Waals surface area contributed by atoms with Crippen molar-refractivity contribution in [2.75, 3.05) is 18.2 Å². The van der Waals surface area contributed by atoms with Crippen LogP contribution in [0, 0.1) is 0 Å². The van der Waals surface area contributed by atoms with Crippen LogP contribution < -0.4 is 5.32 Å². The summed E-state index contributed by atoms with van der Waals surface area (Å²) < 4.78 is 137. The summed E-state index contributed by atoms with van der Waals surface area (Å²) >= 11 is 0.742. The van der Waals surface area contributed by atoms with Crippen molar-refractivity contribution in [3.05, 3.63) is 58.7 Å². The predicted octanol–water partition coefficient (Wildman–Crippen LogP) is 7.15. The van der Waals surface area contributed by atoms with Crippen LogP contribution in [0.5, 0.6) is 0 Å². The molecule has 1 amide bonds. The zero-order chi connectivity index (χ0) is 27.7. The van der Waals surface area contributed by atoms with E-state index in [0.717, 1.165) is 17.8 Å². The Morgan fingerprint density at radius 2 is 1.39 bits per heavy atom. The zero-order valence-corrected chi connectivity index (χ0v) is 18.9. The Labute approximate surface area is 201 Å². The van der Waals surface area contributed by atoms with Gasteiger partial charge >= 0.3 is 30.2 Å². The molecule has 2 aromatic rings. The number of hydrogen-bond acceptors (Lipinski definition) is 4. The molecule has 4 nitrogen and oxygen atoms in total. The smallest absolute Gasteiger partial charge is 0.435 e. The average Bonchev–Trinajstić information content (AvgIpc) is 2.76. The van der Waals surface area contributed by atoms with Crippen LogP contribution in [0.2, 0.25) is 0 Å². The fraction of sp³-hybridized carbons (Fsp3) is 0.333. The fourth-order valence-corrected chi connectivity index (χ4v) is 3.60. The number of anilines is 1. The first-order valence-corrected chi connectivity index (χ1v) is 10.8. The maximum Gasteiger partial charge on any atom is 0.435 e. The molecule has 0 saturated heterocycles. The lowest BCUT2D eigenvalue weighted by Crippen LogP contribution is -2.50. The lowest BCUT2D eigenvalue weighted by Gasteiger charge is -2.30. The molecule has 0 aromatic heterocycles. The van der Waals surface area contributed by atoms with Gasteiger partial charge in [-0.15, -0.1) is 11.8 Å². The van der Waals surface area contributed by atoms with E-state index in [0.29, 0.717) is 18.2 Å². The van der Waals surface area contributed by atoms with Crippen LogP contribution in [0.1, 0.15) is 38.8 Å². The van der Waals surface area contributed by atoms with E-state index in [4.69, 9.17) is 0 Å². The molecule has 0 spiro atoms. The lowest BCUT2D eigenvalue weighted by atomic mass is 9.92. The second kappa shape index (κ2) is 10.2. The number of benzene rings is 2. The zero-order valence-electron chi connectivity index (χ0n) is 18.1. The summed E-state index contributed by atoms with van der Waals surface area (Å²) in [6, 6.07) is 2.46. The van der Waals surface area contributed by atoms with E-state index in [9.17, 15) is 53.5 Å². The van der Waals surface area contributed by atoms with Gasteiger partial charge in [0.25, 0.3) is 5.91 Å². The molecule has 0 heterocycles. The SMILES string of the molecule is CCOC(=O)c1cc(C(F)(C(F)(F)F)C(F)(F)F)ccc1NC(=O)c1ccc(C(F)(F)F)cc1SC. The van der Waals surface area contributed by atoms with Gasteiger partial charge in [0.1, 0.15) is 0 Å². The molecule has 0 aliphatic heterocycles.